The molecule has 0 aromatic heterocycles. The lowest BCUT2D eigenvalue weighted by Crippen LogP contribution is -2.44. The Bertz CT molecular complexity index is 581. The van der Waals surface area contributed by atoms with Crippen molar-refractivity contribution in [2.75, 3.05) is 20.1 Å². The summed E-state index contributed by atoms with van der Waals surface area (Å²) in [7, 11) is 1.85. The van der Waals surface area contributed by atoms with Crippen molar-refractivity contribution in [1.29, 1.82) is 0 Å². The van der Waals surface area contributed by atoms with Crippen molar-refractivity contribution < 1.29 is 9.53 Å². The summed E-state index contributed by atoms with van der Waals surface area (Å²) in [6.45, 7) is 7.78. The number of carbonyl (C=O) groups is 1. The van der Waals surface area contributed by atoms with Gasteiger partial charge in [0.25, 0.3) is 0 Å². The molecule has 0 saturated carbocycles. The first-order valence-electron chi connectivity index (χ1n) is 9.11. The Morgan fingerprint density at radius 2 is 1.84 bits per heavy atom. The maximum Gasteiger partial charge on any atom is 0.222 e. The molecule has 0 spiro atoms. The lowest BCUT2D eigenvalue weighted by atomic mass is 10.1. The molecule has 0 bridgehead atoms. The zero-order chi connectivity index (χ0) is 18.2. The molecule has 0 N–H and O–H groups in total. The topological polar surface area (TPSA) is 32.8 Å². The minimum absolute atomic E-state index is 0.149. The first-order valence-corrected chi connectivity index (χ1v) is 9.11. The Morgan fingerprint density at radius 3 is 2.44 bits per heavy atom. The van der Waals surface area contributed by atoms with Crippen molar-refractivity contribution >= 4 is 5.91 Å². The quantitative estimate of drug-likeness (QED) is 0.564. The predicted octanol–water partition coefficient (Wildman–Crippen LogP) is 3.06. The van der Waals surface area contributed by atoms with E-state index in [9.17, 15) is 4.79 Å². The molecule has 2 atom stereocenters. The van der Waals surface area contributed by atoms with Gasteiger partial charge in [-0.1, -0.05) is 24.3 Å². The summed E-state index contributed by atoms with van der Waals surface area (Å²) in [6.07, 6.45) is 7.74. The number of morpholine rings is 1. The smallest absolute Gasteiger partial charge is 0.222 e. The van der Waals surface area contributed by atoms with E-state index in [0.717, 1.165) is 31.6 Å². The number of ether oxygens (including phenoxy) is 1. The Labute approximate surface area is 152 Å². The van der Waals surface area contributed by atoms with Gasteiger partial charge >= 0.3 is 0 Å². The van der Waals surface area contributed by atoms with Crippen LogP contribution in [-0.4, -0.2) is 48.1 Å². The Kier molecular flexibility index (Phi) is 7.49. The van der Waals surface area contributed by atoms with Gasteiger partial charge in [0.1, 0.15) is 0 Å². The van der Waals surface area contributed by atoms with Gasteiger partial charge in [0.2, 0.25) is 5.91 Å². The van der Waals surface area contributed by atoms with E-state index in [-0.39, 0.29) is 18.1 Å². The maximum absolute atomic E-state index is 12.1. The van der Waals surface area contributed by atoms with Gasteiger partial charge in [-0.15, -0.1) is 12.3 Å². The largest absolute Gasteiger partial charge is 0.373 e. The van der Waals surface area contributed by atoms with Crippen LogP contribution in [0.4, 0.5) is 0 Å². The molecule has 0 radical (unpaired) electrons. The third-order valence-electron chi connectivity index (χ3n) is 4.48. The fourth-order valence-electron chi connectivity index (χ4n) is 3.32. The van der Waals surface area contributed by atoms with Crippen LogP contribution < -0.4 is 0 Å². The average molecular weight is 342 g/mol. The molecule has 25 heavy (non-hydrogen) atoms. The van der Waals surface area contributed by atoms with Crippen LogP contribution in [0.15, 0.2) is 24.3 Å². The van der Waals surface area contributed by atoms with E-state index in [1.165, 1.54) is 5.56 Å². The summed E-state index contributed by atoms with van der Waals surface area (Å²) in [5, 5.41) is 0. The number of hydrogen-bond donors (Lipinski definition) is 0. The summed E-state index contributed by atoms with van der Waals surface area (Å²) in [5.74, 6) is 2.72. The fourth-order valence-corrected chi connectivity index (χ4v) is 3.32. The van der Waals surface area contributed by atoms with Gasteiger partial charge < -0.3 is 9.64 Å². The number of nitrogens with zero attached hydrogens (tertiary/aromatic N) is 2. The van der Waals surface area contributed by atoms with E-state index in [0.29, 0.717) is 19.4 Å². The highest BCUT2D eigenvalue weighted by Crippen LogP contribution is 2.15. The van der Waals surface area contributed by atoms with Crippen molar-refractivity contribution in [2.24, 2.45) is 0 Å². The third kappa shape index (κ3) is 6.53. The standard InChI is InChI=1S/C21H30N2O2/c1-5-6-7-8-21(24)22(4)15-19-9-11-20(12-10-19)16-23-13-17(2)25-18(3)14-23/h1,9-12,17-18H,6-8,13-16H2,2-4H3/t17-,18+. The first-order chi connectivity index (χ1) is 12.0. The van der Waals surface area contributed by atoms with Gasteiger partial charge in [-0.3, -0.25) is 9.69 Å². The van der Waals surface area contributed by atoms with E-state index < -0.39 is 0 Å². The van der Waals surface area contributed by atoms with Crippen molar-refractivity contribution in [1.82, 2.24) is 9.80 Å². The van der Waals surface area contributed by atoms with Crippen molar-refractivity contribution in [3.05, 3.63) is 35.4 Å². The lowest BCUT2D eigenvalue weighted by molar-refractivity contribution is -0.130. The number of carbonyl (C=O) groups excluding carboxylic acids is 1. The molecule has 1 fully saturated rings. The van der Waals surface area contributed by atoms with Gasteiger partial charge in [-0.2, -0.15) is 0 Å². The molecule has 1 amide bonds. The zero-order valence-corrected chi connectivity index (χ0v) is 15.7. The summed E-state index contributed by atoms with van der Waals surface area (Å²) >= 11 is 0. The second kappa shape index (κ2) is 9.60. The second-order valence-electron chi connectivity index (χ2n) is 7.08. The van der Waals surface area contributed by atoms with Crippen LogP contribution in [-0.2, 0) is 22.6 Å². The van der Waals surface area contributed by atoms with Gasteiger partial charge in [-0.05, 0) is 31.4 Å². The van der Waals surface area contributed by atoms with E-state index in [1.54, 1.807) is 4.90 Å². The minimum atomic E-state index is 0.149. The second-order valence-corrected chi connectivity index (χ2v) is 7.08. The van der Waals surface area contributed by atoms with Crippen LogP contribution in [0.5, 0.6) is 0 Å². The van der Waals surface area contributed by atoms with Crippen LogP contribution >= 0.6 is 0 Å². The van der Waals surface area contributed by atoms with Gasteiger partial charge in [-0.25, -0.2) is 0 Å². The molecule has 4 nitrogen and oxygen atoms in total. The highest BCUT2D eigenvalue weighted by Gasteiger charge is 2.21. The molecule has 1 saturated heterocycles. The molecular formula is C21H30N2O2. The highest BCUT2D eigenvalue weighted by molar-refractivity contribution is 5.75. The number of rotatable bonds is 7. The first kappa shape index (κ1) is 19.5. The summed E-state index contributed by atoms with van der Waals surface area (Å²) in [4.78, 5) is 16.3. The number of terminal acetylenes is 1. The number of amides is 1. The van der Waals surface area contributed by atoms with E-state index in [2.05, 4.69) is 48.9 Å². The van der Waals surface area contributed by atoms with Crippen LogP contribution in [0, 0.1) is 12.3 Å². The lowest BCUT2D eigenvalue weighted by Gasteiger charge is -2.35. The number of benzene rings is 1. The molecule has 1 aliphatic heterocycles. The summed E-state index contributed by atoms with van der Waals surface area (Å²) in [5.41, 5.74) is 2.45. The Hall–Kier alpha value is -1.83. The van der Waals surface area contributed by atoms with Crippen molar-refractivity contribution in [3.63, 3.8) is 0 Å². The van der Waals surface area contributed by atoms with E-state index >= 15 is 0 Å². The van der Waals surface area contributed by atoms with Gasteiger partial charge in [0.15, 0.2) is 0 Å². The molecule has 1 aliphatic rings. The Morgan fingerprint density at radius 1 is 1.24 bits per heavy atom. The minimum Gasteiger partial charge on any atom is -0.373 e. The molecule has 0 unspecified atom stereocenters. The molecule has 2 rings (SSSR count). The third-order valence-corrected chi connectivity index (χ3v) is 4.48. The summed E-state index contributed by atoms with van der Waals surface area (Å²) < 4.78 is 5.78. The molecule has 1 aromatic rings. The molecular weight excluding hydrogens is 312 g/mol. The van der Waals surface area contributed by atoms with Crippen molar-refractivity contribution in [3.8, 4) is 12.3 Å². The molecule has 0 aliphatic carbocycles. The van der Waals surface area contributed by atoms with Crippen molar-refractivity contribution in [2.45, 2.75) is 58.4 Å². The van der Waals surface area contributed by atoms with Crippen LogP contribution in [0.2, 0.25) is 0 Å². The normalized spacial score (nSPS) is 20.9. The average Bonchev–Trinajstić information content (AvgIpc) is 2.56. The number of unbranched alkanes of at least 4 members (excludes halogenated alkanes) is 1. The van der Waals surface area contributed by atoms with Crippen LogP contribution in [0.25, 0.3) is 0 Å². The molecule has 4 heteroatoms. The maximum atomic E-state index is 12.1. The fraction of sp³-hybridized carbons (Fsp3) is 0.571. The highest BCUT2D eigenvalue weighted by atomic mass is 16.5. The SMILES string of the molecule is C#CCCCC(=O)N(C)Cc1ccc(CN2C[C@@H](C)O[C@@H](C)C2)cc1. The molecule has 1 heterocycles. The van der Waals surface area contributed by atoms with Gasteiger partial charge in [0.05, 0.1) is 12.2 Å². The molecule has 136 valence electrons. The van der Waals surface area contributed by atoms with E-state index in [1.807, 2.05) is 7.05 Å². The monoisotopic (exact) mass is 342 g/mol. The zero-order valence-electron chi connectivity index (χ0n) is 15.7. The summed E-state index contributed by atoms with van der Waals surface area (Å²) in [6, 6.07) is 8.56. The van der Waals surface area contributed by atoms with E-state index in [4.69, 9.17) is 11.2 Å². The Balaban J connectivity index is 1.83. The predicted molar refractivity (Wildman–Crippen MR) is 101 cm³/mol. The van der Waals surface area contributed by atoms with Crippen LogP contribution in [0.3, 0.4) is 0 Å². The number of hydrogen-bond acceptors (Lipinski definition) is 3. The van der Waals surface area contributed by atoms with Crippen LogP contribution in [0.1, 0.15) is 44.2 Å². The molecule has 1 aromatic carbocycles. The van der Waals surface area contributed by atoms with Gasteiger partial charge in [0, 0.05) is 46.1 Å².